The van der Waals surface area contributed by atoms with Gasteiger partial charge in [0.1, 0.15) is 5.69 Å². The summed E-state index contributed by atoms with van der Waals surface area (Å²) in [6.07, 6.45) is 8.90. The highest BCUT2D eigenvalue weighted by atomic mass is 16.5. The van der Waals surface area contributed by atoms with Gasteiger partial charge in [-0.05, 0) is 36.5 Å². The number of carbonyl (C=O) groups excluding carboxylic acids is 2. The molecular weight excluding hydrogens is 368 g/mol. The fourth-order valence-corrected chi connectivity index (χ4v) is 5.41. The molecule has 2 bridgehead atoms. The molecule has 2 heterocycles. The van der Waals surface area contributed by atoms with Gasteiger partial charge in [-0.3, -0.25) is 14.6 Å². The first-order valence-corrected chi connectivity index (χ1v) is 10.6. The molecule has 1 saturated heterocycles. The van der Waals surface area contributed by atoms with Crippen molar-refractivity contribution < 1.29 is 14.3 Å². The van der Waals surface area contributed by atoms with Crippen LogP contribution in [0.25, 0.3) is 0 Å². The Balaban J connectivity index is 1.63. The number of hydrogen-bond donors (Lipinski definition) is 0. The summed E-state index contributed by atoms with van der Waals surface area (Å²) in [7, 11) is 1.64. The molecule has 1 aliphatic heterocycles. The van der Waals surface area contributed by atoms with E-state index in [-0.39, 0.29) is 22.6 Å². The van der Waals surface area contributed by atoms with Crippen molar-refractivity contribution in [3.63, 3.8) is 0 Å². The molecule has 0 radical (unpaired) electrons. The molecular formula is C22H34N4O3. The number of carbonyl (C=O) groups is 2. The van der Waals surface area contributed by atoms with Crippen LogP contribution in [-0.4, -0.2) is 71.0 Å². The van der Waals surface area contributed by atoms with E-state index in [1.807, 2.05) is 0 Å². The molecule has 2 amide bonds. The maximum atomic E-state index is 13.1. The van der Waals surface area contributed by atoms with Crippen LogP contribution in [0.3, 0.4) is 0 Å². The second kappa shape index (κ2) is 8.78. The summed E-state index contributed by atoms with van der Waals surface area (Å²) in [5, 5.41) is 0. The Morgan fingerprint density at radius 2 is 2.03 bits per heavy atom. The molecule has 29 heavy (non-hydrogen) atoms. The van der Waals surface area contributed by atoms with Crippen molar-refractivity contribution in [1.29, 1.82) is 0 Å². The highest BCUT2D eigenvalue weighted by Crippen LogP contribution is 2.52. The number of nitrogens with zero attached hydrogens (tertiary/aromatic N) is 4. The SMILES string of the molecule is COCCCN(CCC(=O)N1CC2(C)CC1CC(C)(C)C2)C(=O)c1cnccn1. The van der Waals surface area contributed by atoms with Crippen LogP contribution >= 0.6 is 0 Å². The monoisotopic (exact) mass is 402 g/mol. The van der Waals surface area contributed by atoms with Crippen molar-refractivity contribution >= 4 is 11.8 Å². The summed E-state index contributed by atoms with van der Waals surface area (Å²) in [5.41, 5.74) is 0.805. The van der Waals surface area contributed by atoms with Crippen LogP contribution in [0.4, 0.5) is 0 Å². The minimum Gasteiger partial charge on any atom is -0.385 e. The van der Waals surface area contributed by atoms with Gasteiger partial charge in [-0.15, -0.1) is 0 Å². The van der Waals surface area contributed by atoms with Gasteiger partial charge in [0.05, 0.1) is 6.20 Å². The number of rotatable bonds is 8. The van der Waals surface area contributed by atoms with E-state index in [9.17, 15) is 9.59 Å². The van der Waals surface area contributed by atoms with Crippen molar-refractivity contribution in [2.75, 3.05) is 33.4 Å². The molecule has 7 nitrogen and oxygen atoms in total. The fraction of sp³-hybridized carbons (Fsp3) is 0.727. The number of likely N-dealkylation sites (tertiary alicyclic amines) is 1. The Kier molecular flexibility index (Phi) is 6.56. The Labute approximate surface area is 173 Å². The quantitative estimate of drug-likeness (QED) is 0.625. The van der Waals surface area contributed by atoms with E-state index in [0.29, 0.717) is 37.9 Å². The molecule has 1 aliphatic carbocycles. The first kappa shape index (κ1) is 21.7. The van der Waals surface area contributed by atoms with Gasteiger partial charge in [0.2, 0.25) is 5.91 Å². The van der Waals surface area contributed by atoms with Crippen molar-refractivity contribution in [2.45, 2.75) is 58.9 Å². The number of fused-ring (bicyclic) bond motifs is 2. The smallest absolute Gasteiger partial charge is 0.274 e. The van der Waals surface area contributed by atoms with Gasteiger partial charge in [-0.25, -0.2) is 4.98 Å². The zero-order valence-corrected chi connectivity index (χ0v) is 18.2. The summed E-state index contributed by atoms with van der Waals surface area (Å²) in [6, 6.07) is 0.328. The predicted octanol–water partition coefficient (Wildman–Crippen LogP) is 2.77. The highest BCUT2D eigenvalue weighted by Gasteiger charge is 2.50. The van der Waals surface area contributed by atoms with Gasteiger partial charge in [0, 0.05) is 58.2 Å². The number of amides is 2. The second-order valence-electron chi connectivity index (χ2n) is 9.71. The van der Waals surface area contributed by atoms with Crippen LogP contribution in [0.1, 0.15) is 63.4 Å². The lowest BCUT2D eigenvalue weighted by Gasteiger charge is -2.39. The third kappa shape index (κ3) is 5.32. The van der Waals surface area contributed by atoms with Gasteiger partial charge < -0.3 is 14.5 Å². The van der Waals surface area contributed by atoms with Crippen molar-refractivity contribution in [2.24, 2.45) is 10.8 Å². The molecule has 1 aromatic heterocycles. The van der Waals surface area contributed by atoms with Crippen molar-refractivity contribution in [3.8, 4) is 0 Å². The van der Waals surface area contributed by atoms with Gasteiger partial charge in [-0.2, -0.15) is 0 Å². The Hall–Kier alpha value is -2.02. The lowest BCUT2D eigenvalue weighted by atomic mass is 9.65. The van der Waals surface area contributed by atoms with Gasteiger partial charge >= 0.3 is 0 Å². The number of aromatic nitrogens is 2. The fourth-order valence-electron chi connectivity index (χ4n) is 5.41. The lowest BCUT2D eigenvalue weighted by molar-refractivity contribution is -0.132. The summed E-state index contributed by atoms with van der Waals surface area (Å²) in [6.45, 7) is 9.25. The lowest BCUT2D eigenvalue weighted by Crippen LogP contribution is -2.40. The number of hydrogen-bond acceptors (Lipinski definition) is 5. The minimum absolute atomic E-state index is 0.153. The van der Waals surface area contributed by atoms with E-state index in [1.54, 1.807) is 18.2 Å². The first-order chi connectivity index (χ1) is 13.7. The summed E-state index contributed by atoms with van der Waals surface area (Å²) in [5.74, 6) is -0.0321. The number of methoxy groups -OCH3 is 1. The molecule has 3 rings (SSSR count). The topological polar surface area (TPSA) is 75.6 Å². The second-order valence-corrected chi connectivity index (χ2v) is 9.71. The highest BCUT2D eigenvalue weighted by molar-refractivity contribution is 5.92. The molecule has 2 fully saturated rings. The molecule has 2 unspecified atom stereocenters. The Bertz CT molecular complexity index is 724. The standard InChI is InChI=1S/C22H34N4O3/c1-21(2)12-17-13-22(3,15-21)16-26(17)19(27)6-10-25(9-5-11-29-4)20(28)18-14-23-7-8-24-18/h7-8,14,17H,5-6,9-13,15-16H2,1-4H3. The van der Waals surface area contributed by atoms with Crippen LogP contribution in [0.5, 0.6) is 0 Å². The molecule has 1 saturated carbocycles. The molecule has 0 N–H and O–H groups in total. The molecule has 160 valence electrons. The average molecular weight is 403 g/mol. The van der Waals surface area contributed by atoms with Gasteiger partial charge in [0.25, 0.3) is 5.91 Å². The van der Waals surface area contributed by atoms with E-state index < -0.39 is 0 Å². The van der Waals surface area contributed by atoms with Crippen molar-refractivity contribution in [3.05, 3.63) is 24.3 Å². The predicted molar refractivity (Wildman–Crippen MR) is 110 cm³/mol. The largest absolute Gasteiger partial charge is 0.385 e. The van der Waals surface area contributed by atoms with Crippen LogP contribution in [-0.2, 0) is 9.53 Å². The zero-order chi connectivity index (χ0) is 21.1. The van der Waals surface area contributed by atoms with Crippen molar-refractivity contribution in [1.82, 2.24) is 19.8 Å². The van der Waals surface area contributed by atoms with Crippen LogP contribution in [0.15, 0.2) is 18.6 Å². The average Bonchev–Trinajstić information content (AvgIpc) is 2.93. The van der Waals surface area contributed by atoms with E-state index in [4.69, 9.17) is 4.74 Å². The van der Waals surface area contributed by atoms with E-state index in [2.05, 4.69) is 35.6 Å². The third-order valence-electron chi connectivity index (χ3n) is 6.18. The van der Waals surface area contributed by atoms with Gasteiger partial charge in [-0.1, -0.05) is 20.8 Å². The summed E-state index contributed by atoms with van der Waals surface area (Å²) < 4.78 is 5.12. The Morgan fingerprint density at radius 1 is 1.24 bits per heavy atom. The molecule has 0 spiro atoms. The van der Waals surface area contributed by atoms with Crippen LogP contribution in [0.2, 0.25) is 0 Å². The minimum atomic E-state index is -0.185. The van der Waals surface area contributed by atoms with E-state index >= 15 is 0 Å². The molecule has 0 aromatic carbocycles. The maximum Gasteiger partial charge on any atom is 0.274 e. The molecule has 7 heteroatoms. The van der Waals surface area contributed by atoms with E-state index in [1.165, 1.54) is 12.4 Å². The normalized spacial score (nSPS) is 25.1. The first-order valence-electron chi connectivity index (χ1n) is 10.6. The zero-order valence-electron chi connectivity index (χ0n) is 18.2. The van der Waals surface area contributed by atoms with E-state index in [0.717, 1.165) is 32.2 Å². The molecule has 2 atom stereocenters. The molecule has 2 aliphatic rings. The van der Waals surface area contributed by atoms with Crippen LogP contribution in [0, 0.1) is 10.8 Å². The third-order valence-corrected chi connectivity index (χ3v) is 6.18. The number of ether oxygens (including phenoxy) is 1. The summed E-state index contributed by atoms with van der Waals surface area (Å²) in [4.78, 5) is 37.8. The van der Waals surface area contributed by atoms with Crippen LogP contribution < -0.4 is 0 Å². The van der Waals surface area contributed by atoms with Gasteiger partial charge in [0.15, 0.2) is 0 Å². The summed E-state index contributed by atoms with van der Waals surface area (Å²) >= 11 is 0. The maximum absolute atomic E-state index is 13.1. The molecule has 1 aromatic rings. The Morgan fingerprint density at radius 3 is 2.72 bits per heavy atom.